The van der Waals surface area contributed by atoms with Crippen LogP contribution in [0.5, 0.6) is 0 Å². The van der Waals surface area contributed by atoms with Crippen LogP contribution in [0.3, 0.4) is 0 Å². The SMILES string of the molecule is CCCCCC=CCC=CCC=CCC=CCCCCO[P+](=O)OOC. The summed E-state index contributed by atoms with van der Waals surface area (Å²) in [6, 6.07) is 0. The summed E-state index contributed by atoms with van der Waals surface area (Å²) in [5.41, 5.74) is 0. The molecule has 1 atom stereocenters. The Balaban J connectivity index is 3.40. The second-order valence-corrected chi connectivity index (χ2v) is 6.74. The van der Waals surface area contributed by atoms with Crippen LogP contribution >= 0.6 is 8.25 Å². The first-order valence-corrected chi connectivity index (χ1v) is 10.8. The predicted molar refractivity (Wildman–Crippen MR) is 110 cm³/mol. The first-order chi connectivity index (χ1) is 12.8. The minimum Gasteiger partial charge on any atom is -0.191 e. The Morgan fingerprint density at radius 1 is 0.731 bits per heavy atom. The van der Waals surface area contributed by atoms with Gasteiger partial charge in [0, 0.05) is 4.57 Å². The van der Waals surface area contributed by atoms with E-state index in [0.29, 0.717) is 6.61 Å². The van der Waals surface area contributed by atoms with Crippen molar-refractivity contribution in [1.29, 1.82) is 0 Å². The van der Waals surface area contributed by atoms with E-state index in [9.17, 15) is 4.57 Å². The molecule has 1 unspecified atom stereocenters. The van der Waals surface area contributed by atoms with E-state index in [1.807, 2.05) is 0 Å². The fraction of sp³-hybridized carbons (Fsp3) is 0.619. The summed E-state index contributed by atoms with van der Waals surface area (Å²) in [4.78, 5) is 4.26. The number of allylic oxidation sites excluding steroid dienone is 8. The van der Waals surface area contributed by atoms with Gasteiger partial charge < -0.3 is 0 Å². The van der Waals surface area contributed by atoms with Gasteiger partial charge in [0.25, 0.3) is 0 Å². The van der Waals surface area contributed by atoms with Crippen LogP contribution < -0.4 is 0 Å². The van der Waals surface area contributed by atoms with E-state index in [1.54, 1.807) is 0 Å². The highest BCUT2D eigenvalue weighted by Crippen LogP contribution is 2.23. The monoisotopic (exact) mass is 383 g/mol. The van der Waals surface area contributed by atoms with Crippen molar-refractivity contribution in [2.24, 2.45) is 0 Å². The van der Waals surface area contributed by atoms with Crippen molar-refractivity contribution >= 4 is 8.25 Å². The van der Waals surface area contributed by atoms with Gasteiger partial charge in [-0.25, -0.2) is 0 Å². The standard InChI is InChI=1S/C21H36O4P/c1-3-4-5-6-7-8-9-10-11-12-13-14-15-16-17-18-19-20-21-24-26(22)25-23-2/h7-8,10-11,13-14,16-17H,3-6,9,12,15,18-21H2,1-2H3/q+1. The second-order valence-electron chi connectivity index (χ2n) is 5.88. The minimum absolute atomic E-state index is 0.423. The highest BCUT2D eigenvalue weighted by molar-refractivity contribution is 7.33. The van der Waals surface area contributed by atoms with Crippen LogP contribution in [-0.2, 0) is 18.7 Å². The summed E-state index contributed by atoms with van der Waals surface area (Å²) in [7, 11) is -0.829. The molecule has 4 nitrogen and oxygen atoms in total. The smallest absolute Gasteiger partial charge is 0.191 e. The molecule has 0 aliphatic rings. The van der Waals surface area contributed by atoms with Crippen molar-refractivity contribution in [3.05, 3.63) is 48.6 Å². The van der Waals surface area contributed by atoms with Crippen molar-refractivity contribution in [2.75, 3.05) is 13.7 Å². The summed E-state index contributed by atoms with van der Waals surface area (Å²) in [5, 5.41) is 0. The molecule has 0 bridgehead atoms. The van der Waals surface area contributed by atoms with Crippen molar-refractivity contribution in [3.8, 4) is 0 Å². The van der Waals surface area contributed by atoms with Crippen LogP contribution in [0.4, 0.5) is 0 Å². The van der Waals surface area contributed by atoms with Gasteiger partial charge in [-0.15, -0.1) is 4.52 Å². The van der Waals surface area contributed by atoms with Gasteiger partial charge in [0.1, 0.15) is 6.61 Å². The van der Waals surface area contributed by atoms with E-state index in [2.05, 4.69) is 65.1 Å². The molecule has 0 saturated carbocycles. The van der Waals surface area contributed by atoms with Crippen LogP contribution in [0.2, 0.25) is 0 Å². The summed E-state index contributed by atoms with van der Waals surface area (Å²) >= 11 is 0. The Labute approximate surface area is 160 Å². The lowest BCUT2D eigenvalue weighted by atomic mass is 10.2. The normalized spacial score (nSPS) is 13.1. The third-order valence-corrected chi connectivity index (χ3v) is 4.22. The molecule has 0 radical (unpaired) electrons. The molecule has 0 saturated heterocycles. The Morgan fingerprint density at radius 2 is 1.23 bits per heavy atom. The molecule has 0 aromatic carbocycles. The molecule has 0 fully saturated rings. The van der Waals surface area contributed by atoms with Crippen LogP contribution in [0.1, 0.15) is 71.1 Å². The topological polar surface area (TPSA) is 44.8 Å². The first-order valence-electron chi connectivity index (χ1n) is 9.72. The Kier molecular flexibility index (Phi) is 21.1. The van der Waals surface area contributed by atoms with Gasteiger partial charge in [0.2, 0.25) is 0 Å². The van der Waals surface area contributed by atoms with E-state index in [4.69, 9.17) is 4.52 Å². The zero-order chi connectivity index (χ0) is 19.1. The van der Waals surface area contributed by atoms with Gasteiger partial charge in [-0.1, -0.05) is 68.4 Å². The lowest BCUT2D eigenvalue weighted by Crippen LogP contribution is -1.88. The van der Waals surface area contributed by atoms with Crippen molar-refractivity contribution in [1.82, 2.24) is 0 Å². The molecule has 148 valence electrons. The molecule has 0 aromatic rings. The predicted octanol–water partition coefficient (Wildman–Crippen LogP) is 7.38. The molecule has 0 aromatic heterocycles. The van der Waals surface area contributed by atoms with E-state index in [1.165, 1.54) is 32.8 Å². The number of rotatable bonds is 18. The maximum atomic E-state index is 11.0. The Morgan fingerprint density at radius 3 is 1.73 bits per heavy atom. The van der Waals surface area contributed by atoms with E-state index in [0.717, 1.165) is 38.5 Å². The Hall–Kier alpha value is -1.06. The van der Waals surface area contributed by atoms with Gasteiger partial charge in [0.15, 0.2) is 0 Å². The molecule has 0 aliphatic carbocycles. The molecule has 5 heteroatoms. The molecule has 0 spiro atoms. The third-order valence-electron chi connectivity index (χ3n) is 3.55. The quantitative estimate of drug-likeness (QED) is 0.0814. The molecule has 26 heavy (non-hydrogen) atoms. The molecule has 0 heterocycles. The van der Waals surface area contributed by atoms with E-state index < -0.39 is 8.25 Å². The van der Waals surface area contributed by atoms with Gasteiger partial charge in [0.05, 0.1) is 11.8 Å². The summed E-state index contributed by atoms with van der Waals surface area (Å²) in [6.07, 6.45) is 28.7. The molecular weight excluding hydrogens is 347 g/mol. The maximum Gasteiger partial charge on any atom is 0.728 e. The fourth-order valence-corrected chi connectivity index (χ4v) is 2.59. The zero-order valence-corrected chi connectivity index (χ0v) is 17.4. The minimum atomic E-state index is -2.13. The largest absolute Gasteiger partial charge is 0.728 e. The number of hydrogen-bond acceptors (Lipinski definition) is 4. The lowest BCUT2D eigenvalue weighted by molar-refractivity contribution is -0.181. The maximum absolute atomic E-state index is 11.0. The molecule has 0 rings (SSSR count). The van der Waals surface area contributed by atoms with Crippen molar-refractivity contribution < 1.29 is 18.7 Å². The highest BCUT2D eigenvalue weighted by atomic mass is 31.1. The van der Waals surface area contributed by atoms with Gasteiger partial charge in [-0.3, -0.25) is 0 Å². The molecule has 0 N–H and O–H groups in total. The van der Waals surface area contributed by atoms with E-state index >= 15 is 0 Å². The molecule has 0 amide bonds. The van der Waals surface area contributed by atoms with Gasteiger partial charge in [-0.05, 0) is 51.4 Å². The summed E-state index contributed by atoms with van der Waals surface area (Å²) in [6.45, 7) is 2.66. The lowest BCUT2D eigenvalue weighted by Gasteiger charge is -1.92. The fourth-order valence-electron chi connectivity index (χ4n) is 2.15. The van der Waals surface area contributed by atoms with Crippen LogP contribution in [0.25, 0.3) is 0 Å². The van der Waals surface area contributed by atoms with Crippen LogP contribution in [0, 0.1) is 0 Å². The number of unbranched alkanes of at least 4 members (excludes halogenated alkanes) is 5. The average molecular weight is 383 g/mol. The average Bonchev–Trinajstić information content (AvgIpc) is 2.64. The van der Waals surface area contributed by atoms with Crippen molar-refractivity contribution in [2.45, 2.75) is 71.1 Å². The van der Waals surface area contributed by atoms with Crippen LogP contribution in [0.15, 0.2) is 48.6 Å². The molecular formula is C21H36O4P+. The first kappa shape index (κ1) is 24.9. The third kappa shape index (κ3) is 21.0. The van der Waals surface area contributed by atoms with Gasteiger partial charge >= 0.3 is 8.25 Å². The van der Waals surface area contributed by atoms with Crippen molar-refractivity contribution in [3.63, 3.8) is 0 Å². The van der Waals surface area contributed by atoms with Gasteiger partial charge in [-0.2, -0.15) is 4.89 Å². The Bertz CT molecular complexity index is 428. The van der Waals surface area contributed by atoms with Crippen LogP contribution in [-0.4, -0.2) is 13.7 Å². The second kappa shape index (κ2) is 22.0. The summed E-state index contributed by atoms with van der Waals surface area (Å²) < 4.78 is 20.2. The zero-order valence-electron chi connectivity index (χ0n) is 16.5. The van der Waals surface area contributed by atoms with E-state index in [-0.39, 0.29) is 0 Å². The highest BCUT2D eigenvalue weighted by Gasteiger charge is 2.20. The molecule has 0 aliphatic heterocycles. The summed E-state index contributed by atoms with van der Waals surface area (Å²) in [5.74, 6) is 0. The number of hydrogen-bond donors (Lipinski definition) is 0.